The van der Waals surface area contributed by atoms with Gasteiger partial charge in [0.05, 0.1) is 5.69 Å². The minimum Gasteiger partial charge on any atom is -0.355 e. The van der Waals surface area contributed by atoms with Gasteiger partial charge in [0.15, 0.2) is 5.82 Å². The molecule has 4 rings (SSSR count). The summed E-state index contributed by atoms with van der Waals surface area (Å²) in [4.78, 5) is 16.4. The van der Waals surface area contributed by atoms with Gasteiger partial charge in [0.1, 0.15) is 0 Å². The van der Waals surface area contributed by atoms with E-state index in [2.05, 4.69) is 21.2 Å². The fourth-order valence-corrected chi connectivity index (χ4v) is 4.14. The van der Waals surface area contributed by atoms with Crippen LogP contribution in [0.4, 0.5) is 14.6 Å². The highest BCUT2D eigenvalue weighted by Gasteiger charge is 2.38. The molecule has 2 saturated heterocycles. The number of likely N-dealkylation sites (tertiary alicyclic amines) is 1. The lowest BCUT2D eigenvalue weighted by Gasteiger charge is -2.37. The Kier molecular flexibility index (Phi) is 4.33. The van der Waals surface area contributed by atoms with Crippen LogP contribution >= 0.6 is 0 Å². The molecular weight excluding hydrogens is 326 g/mol. The Morgan fingerprint density at radius 1 is 1.08 bits per heavy atom. The Morgan fingerprint density at radius 3 is 2.52 bits per heavy atom. The minimum absolute atomic E-state index is 0.0506. The number of alkyl halides is 2. The number of anilines is 1. The van der Waals surface area contributed by atoms with Crippen molar-refractivity contribution >= 4 is 11.7 Å². The molecule has 0 spiro atoms. The molecule has 0 atom stereocenters. The molecule has 0 aromatic carbocycles. The standard InChI is InChI=1S/C18H24F2N4O/c19-18(20)6-10-24(11-7-18)17(25)13-4-8-23(9-5-13)16-12-14-2-1-3-15(14)21-22-16/h12-13H,1-11H2. The molecule has 0 saturated carbocycles. The fraction of sp³-hybridized carbons (Fsp3) is 0.722. The second-order valence-corrected chi connectivity index (χ2v) is 7.47. The zero-order valence-electron chi connectivity index (χ0n) is 14.4. The van der Waals surface area contributed by atoms with Crippen molar-refractivity contribution in [1.82, 2.24) is 15.1 Å². The molecule has 2 aliphatic heterocycles. The predicted octanol–water partition coefficient (Wildman–Crippen LogP) is 2.44. The van der Waals surface area contributed by atoms with Gasteiger partial charge in [-0.2, -0.15) is 5.10 Å². The number of hydrogen-bond donors (Lipinski definition) is 0. The first-order valence-corrected chi connectivity index (χ1v) is 9.29. The number of piperidine rings is 2. The summed E-state index contributed by atoms with van der Waals surface area (Å²) in [5, 5.41) is 8.68. The van der Waals surface area contributed by atoms with Crippen LogP contribution in [0.1, 0.15) is 43.4 Å². The Bertz CT molecular complexity index is 648. The number of rotatable bonds is 2. The molecule has 0 radical (unpaired) electrons. The highest BCUT2D eigenvalue weighted by Crippen LogP contribution is 2.31. The lowest BCUT2D eigenvalue weighted by Crippen LogP contribution is -2.47. The summed E-state index contributed by atoms with van der Waals surface area (Å²) in [5.41, 5.74) is 2.42. The van der Waals surface area contributed by atoms with E-state index < -0.39 is 5.92 Å². The van der Waals surface area contributed by atoms with Crippen LogP contribution < -0.4 is 4.90 Å². The van der Waals surface area contributed by atoms with Gasteiger partial charge in [-0.3, -0.25) is 4.79 Å². The van der Waals surface area contributed by atoms with Crippen molar-refractivity contribution in [3.63, 3.8) is 0 Å². The van der Waals surface area contributed by atoms with Crippen LogP contribution in [0.5, 0.6) is 0 Å². The van der Waals surface area contributed by atoms with Gasteiger partial charge < -0.3 is 9.80 Å². The molecule has 1 aromatic rings. The lowest BCUT2D eigenvalue weighted by molar-refractivity contribution is -0.142. The van der Waals surface area contributed by atoms with Crippen LogP contribution in [0.2, 0.25) is 0 Å². The quantitative estimate of drug-likeness (QED) is 0.822. The van der Waals surface area contributed by atoms with E-state index in [9.17, 15) is 13.6 Å². The second kappa shape index (κ2) is 6.50. The van der Waals surface area contributed by atoms with E-state index in [-0.39, 0.29) is 37.8 Å². The van der Waals surface area contributed by atoms with E-state index in [1.807, 2.05) is 0 Å². The number of aryl methyl sites for hydroxylation is 2. The number of hydrogen-bond acceptors (Lipinski definition) is 4. The normalized spacial score (nSPS) is 23.6. The van der Waals surface area contributed by atoms with Gasteiger partial charge in [-0.15, -0.1) is 5.10 Å². The van der Waals surface area contributed by atoms with Crippen LogP contribution in [0, 0.1) is 5.92 Å². The topological polar surface area (TPSA) is 49.3 Å². The fourth-order valence-electron chi connectivity index (χ4n) is 4.14. The van der Waals surface area contributed by atoms with E-state index >= 15 is 0 Å². The zero-order chi connectivity index (χ0) is 17.4. The Hall–Kier alpha value is -1.79. The molecule has 1 amide bonds. The molecule has 1 aliphatic carbocycles. The molecule has 136 valence electrons. The van der Waals surface area contributed by atoms with Crippen molar-refractivity contribution in [3.05, 3.63) is 17.3 Å². The molecular formula is C18H24F2N4O. The van der Waals surface area contributed by atoms with Crippen molar-refractivity contribution in [3.8, 4) is 0 Å². The minimum atomic E-state index is -2.60. The lowest BCUT2D eigenvalue weighted by atomic mass is 9.94. The van der Waals surface area contributed by atoms with Crippen molar-refractivity contribution in [2.24, 2.45) is 5.92 Å². The third kappa shape index (κ3) is 3.46. The molecule has 0 unspecified atom stereocenters. The van der Waals surface area contributed by atoms with Gasteiger partial charge in [-0.05, 0) is 43.7 Å². The van der Waals surface area contributed by atoms with E-state index in [0.717, 1.165) is 56.7 Å². The first-order valence-electron chi connectivity index (χ1n) is 9.29. The van der Waals surface area contributed by atoms with Gasteiger partial charge in [0.2, 0.25) is 5.91 Å². The number of carbonyl (C=O) groups excluding carboxylic acids is 1. The Balaban J connectivity index is 1.33. The molecule has 2 fully saturated rings. The SMILES string of the molecule is O=C(C1CCN(c2cc3c(nn2)CCC3)CC1)N1CCC(F)(F)CC1. The number of amides is 1. The highest BCUT2D eigenvalue weighted by atomic mass is 19.3. The van der Waals surface area contributed by atoms with Gasteiger partial charge in [-0.1, -0.05) is 0 Å². The molecule has 0 N–H and O–H groups in total. The van der Waals surface area contributed by atoms with Crippen LogP contribution in [-0.4, -0.2) is 53.1 Å². The molecule has 5 nitrogen and oxygen atoms in total. The highest BCUT2D eigenvalue weighted by molar-refractivity contribution is 5.79. The molecule has 0 bridgehead atoms. The summed E-state index contributed by atoms with van der Waals surface area (Å²) in [6.07, 6.45) is 4.35. The van der Waals surface area contributed by atoms with Crippen LogP contribution in [-0.2, 0) is 17.6 Å². The van der Waals surface area contributed by atoms with Gasteiger partial charge in [0.25, 0.3) is 5.92 Å². The maximum Gasteiger partial charge on any atom is 0.251 e. The number of fused-ring (bicyclic) bond motifs is 1. The largest absolute Gasteiger partial charge is 0.355 e. The maximum atomic E-state index is 13.3. The summed E-state index contributed by atoms with van der Waals surface area (Å²) in [6, 6.07) is 2.14. The first-order chi connectivity index (χ1) is 12.0. The van der Waals surface area contributed by atoms with Gasteiger partial charge >= 0.3 is 0 Å². The first kappa shape index (κ1) is 16.7. The van der Waals surface area contributed by atoms with Crippen LogP contribution in [0.3, 0.4) is 0 Å². The van der Waals surface area contributed by atoms with E-state index in [4.69, 9.17) is 0 Å². The molecule has 7 heteroatoms. The predicted molar refractivity (Wildman–Crippen MR) is 89.8 cm³/mol. The number of halogens is 2. The smallest absolute Gasteiger partial charge is 0.251 e. The van der Waals surface area contributed by atoms with Crippen LogP contribution in [0.25, 0.3) is 0 Å². The van der Waals surface area contributed by atoms with E-state index in [0.29, 0.717) is 0 Å². The third-order valence-electron chi connectivity index (χ3n) is 5.78. The Labute approximate surface area is 146 Å². The average Bonchev–Trinajstić information content (AvgIpc) is 3.09. The monoisotopic (exact) mass is 350 g/mol. The summed E-state index contributed by atoms with van der Waals surface area (Å²) in [7, 11) is 0. The Morgan fingerprint density at radius 2 is 1.80 bits per heavy atom. The number of carbonyl (C=O) groups is 1. The summed E-state index contributed by atoms with van der Waals surface area (Å²) in [6.45, 7) is 1.91. The van der Waals surface area contributed by atoms with Crippen LogP contribution in [0.15, 0.2) is 6.07 Å². The number of aromatic nitrogens is 2. The molecule has 1 aromatic heterocycles. The second-order valence-electron chi connectivity index (χ2n) is 7.47. The zero-order valence-corrected chi connectivity index (χ0v) is 14.4. The van der Waals surface area contributed by atoms with Gasteiger partial charge in [-0.25, -0.2) is 8.78 Å². The van der Waals surface area contributed by atoms with Crippen molar-refractivity contribution < 1.29 is 13.6 Å². The summed E-state index contributed by atoms with van der Waals surface area (Å²) >= 11 is 0. The van der Waals surface area contributed by atoms with Crippen molar-refractivity contribution in [2.45, 2.75) is 50.9 Å². The average molecular weight is 350 g/mol. The van der Waals surface area contributed by atoms with Gasteiger partial charge in [0, 0.05) is 44.9 Å². The summed E-state index contributed by atoms with van der Waals surface area (Å²) in [5.74, 6) is -1.70. The third-order valence-corrected chi connectivity index (χ3v) is 5.78. The van der Waals surface area contributed by atoms with E-state index in [1.165, 1.54) is 5.56 Å². The van der Waals surface area contributed by atoms with E-state index in [1.54, 1.807) is 4.90 Å². The maximum absolute atomic E-state index is 13.3. The molecule has 3 heterocycles. The molecule has 3 aliphatic rings. The summed E-state index contributed by atoms with van der Waals surface area (Å²) < 4.78 is 26.5. The number of nitrogens with zero attached hydrogens (tertiary/aromatic N) is 4. The van der Waals surface area contributed by atoms with Crippen molar-refractivity contribution in [1.29, 1.82) is 0 Å². The van der Waals surface area contributed by atoms with Crippen molar-refractivity contribution in [2.75, 3.05) is 31.1 Å². The molecule has 25 heavy (non-hydrogen) atoms.